The van der Waals surface area contributed by atoms with Gasteiger partial charge in [0.1, 0.15) is 5.65 Å². The van der Waals surface area contributed by atoms with Crippen LogP contribution in [-0.4, -0.2) is 15.3 Å². The van der Waals surface area contributed by atoms with Gasteiger partial charge in [0.25, 0.3) is 0 Å². The number of carbonyl (C=O) groups excluding carboxylic acids is 1. The van der Waals surface area contributed by atoms with Gasteiger partial charge < -0.3 is 9.72 Å². The third-order valence-electron chi connectivity index (χ3n) is 4.28. The second-order valence-electron chi connectivity index (χ2n) is 6.38. The quantitative estimate of drug-likeness (QED) is 0.594. The highest BCUT2D eigenvalue weighted by atomic mass is 16.1. The van der Waals surface area contributed by atoms with Crippen LogP contribution in [0.15, 0.2) is 79.1 Å². The summed E-state index contributed by atoms with van der Waals surface area (Å²) in [5.74, 6) is -0.0175. The first kappa shape index (κ1) is 16.1. The van der Waals surface area contributed by atoms with Crippen LogP contribution >= 0.6 is 0 Å². The summed E-state index contributed by atoms with van der Waals surface area (Å²) in [5, 5.41) is 2.95. The number of aryl methyl sites for hydroxylation is 1. The maximum Gasteiger partial charge on any atom is 0.228 e. The SMILES string of the molecule is Cc1cccc(CC(=O)Nc2ccc(-c3cn4ccccc4n3)cc2)c1. The van der Waals surface area contributed by atoms with Gasteiger partial charge in [-0.15, -0.1) is 0 Å². The van der Waals surface area contributed by atoms with Crippen LogP contribution in [0.3, 0.4) is 0 Å². The molecule has 0 unspecified atom stereocenters. The number of hydrogen-bond acceptors (Lipinski definition) is 2. The van der Waals surface area contributed by atoms with E-state index < -0.39 is 0 Å². The Bertz CT molecular complexity index is 1030. The summed E-state index contributed by atoms with van der Waals surface area (Å²) in [6, 6.07) is 21.7. The second kappa shape index (κ2) is 6.84. The third kappa shape index (κ3) is 3.49. The summed E-state index contributed by atoms with van der Waals surface area (Å²) in [6.07, 6.45) is 4.35. The number of aromatic nitrogens is 2. The largest absolute Gasteiger partial charge is 0.326 e. The van der Waals surface area contributed by atoms with E-state index in [0.717, 1.165) is 33.7 Å². The molecule has 2 heterocycles. The van der Waals surface area contributed by atoms with E-state index in [-0.39, 0.29) is 5.91 Å². The number of anilines is 1. The zero-order valence-electron chi connectivity index (χ0n) is 14.5. The maximum atomic E-state index is 12.2. The van der Waals surface area contributed by atoms with Crippen molar-refractivity contribution in [2.24, 2.45) is 0 Å². The number of benzene rings is 2. The number of hydrogen-bond donors (Lipinski definition) is 1. The monoisotopic (exact) mass is 341 g/mol. The molecule has 2 aromatic heterocycles. The van der Waals surface area contributed by atoms with Gasteiger partial charge in [-0.25, -0.2) is 4.98 Å². The van der Waals surface area contributed by atoms with Crippen molar-refractivity contribution in [1.82, 2.24) is 9.38 Å². The summed E-state index contributed by atoms with van der Waals surface area (Å²) in [4.78, 5) is 16.9. The molecule has 0 spiro atoms. The Morgan fingerprint density at radius 2 is 1.88 bits per heavy atom. The Morgan fingerprint density at radius 3 is 2.65 bits per heavy atom. The first-order valence-corrected chi connectivity index (χ1v) is 8.57. The van der Waals surface area contributed by atoms with E-state index >= 15 is 0 Å². The highest BCUT2D eigenvalue weighted by Crippen LogP contribution is 2.21. The highest BCUT2D eigenvalue weighted by molar-refractivity contribution is 5.92. The fourth-order valence-corrected chi connectivity index (χ4v) is 3.01. The fraction of sp³-hybridized carbons (Fsp3) is 0.0909. The molecule has 0 aliphatic carbocycles. The van der Waals surface area contributed by atoms with Crippen molar-refractivity contribution in [3.05, 3.63) is 90.3 Å². The molecule has 4 aromatic rings. The number of amides is 1. The zero-order chi connectivity index (χ0) is 17.9. The highest BCUT2D eigenvalue weighted by Gasteiger charge is 2.07. The Hall–Kier alpha value is -3.40. The van der Waals surface area contributed by atoms with E-state index in [2.05, 4.69) is 10.3 Å². The summed E-state index contributed by atoms with van der Waals surface area (Å²) < 4.78 is 1.99. The minimum absolute atomic E-state index is 0.0175. The number of pyridine rings is 1. The summed E-state index contributed by atoms with van der Waals surface area (Å²) in [5.41, 5.74) is 5.81. The molecule has 2 aromatic carbocycles. The van der Waals surface area contributed by atoms with Crippen molar-refractivity contribution >= 4 is 17.2 Å². The van der Waals surface area contributed by atoms with Gasteiger partial charge in [0.05, 0.1) is 12.1 Å². The molecular weight excluding hydrogens is 322 g/mol. The lowest BCUT2D eigenvalue weighted by Gasteiger charge is -2.06. The molecule has 0 saturated carbocycles. The van der Waals surface area contributed by atoms with Crippen molar-refractivity contribution in [3.63, 3.8) is 0 Å². The first-order chi connectivity index (χ1) is 12.7. The molecule has 26 heavy (non-hydrogen) atoms. The average Bonchev–Trinajstić information content (AvgIpc) is 3.06. The number of fused-ring (bicyclic) bond motifs is 1. The predicted molar refractivity (Wildman–Crippen MR) is 104 cm³/mol. The Labute approximate surface area is 152 Å². The molecule has 4 heteroatoms. The van der Waals surface area contributed by atoms with E-state index in [1.165, 1.54) is 0 Å². The Balaban J connectivity index is 1.46. The smallest absolute Gasteiger partial charge is 0.228 e. The van der Waals surface area contributed by atoms with Crippen LogP contribution in [0.5, 0.6) is 0 Å². The molecule has 4 rings (SSSR count). The van der Waals surface area contributed by atoms with Gasteiger partial charge in [-0.3, -0.25) is 4.79 Å². The zero-order valence-corrected chi connectivity index (χ0v) is 14.5. The predicted octanol–water partition coefficient (Wildman–Crippen LogP) is 4.49. The first-order valence-electron chi connectivity index (χ1n) is 8.57. The summed E-state index contributed by atoms with van der Waals surface area (Å²) >= 11 is 0. The molecule has 4 nitrogen and oxygen atoms in total. The molecule has 0 bridgehead atoms. The van der Waals surface area contributed by atoms with Crippen LogP contribution in [0.25, 0.3) is 16.9 Å². The van der Waals surface area contributed by atoms with Gasteiger partial charge in [0, 0.05) is 23.6 Å². The maximum absolute atomic E-state index is 12.2. The number of rotatable bonds is 4. The minimum Gasteiger partial charge on any atom is -0.326 e. The summed E-state index contributed by atoms with van der Waals surface area (Å²) in [6.45, 7) is 2.03. The van der Waals surface area contributed by atoms with Gasteiger partial charge in [-0.2, -0.15) is 0 Å². The van der Waals surface area contributed by atoms with Gasteiger partial charge in [0.2, 0.25) is 5.91 Å². The lowest BCUT2D eigenvalue weighted by molar-refractivity contribution is -0.115. The van der Waals surface area contributed by atoms with E-state index in [0.29, 0.717) is 6.42 Å². The van der Waals surface area contributed by atoms with Crippen LogP contribution in [-0.2, 0) is 11.2 Å². The molecule has 1 N–H and O–H groups in total. The number of imidazole rings is 1. The van der Waals surface area contributed by atoms with E-state index in [9.17, 15) is 4.79 Å². The Morgan fingerprint density at radius 1 is 1.04 bits per heavy atom. The topological polar surface area (TPSA) is 46.4 Å². The lowest BCUT2D eigenvalue weighted by Crippen LogP contribution is -2.14. The molecule has 0 aliphatic heterocycles. The van der Waals surface area contributed by atoms with Crippen LogP contribution in [0.4, 0.5) is 5.69 Å². The number of carbonyl (C=O) groups is 1. The number of nitrogens with zero attached hydrogens (tertiary/aromatic N) is 2. The van der Waals surface area contributed by atoms with Crippen molar-refractivity contribution in [2.45, 2.75) is 13.3 Å². The van der Waals surface area contributed by atoms with Gasteiger partial charge >= 0.3 is 0 Å². The van der Waals surface area contributed by atoms with E-state index in [1.807, 2.05) is 90.4 Å². The molecule has 0 atom stereocenters. The van der Waals surface area contributed by atoms with Crippen LogP contribution in [0.1, 0.15) is 11.1 Å². The van der Waals surface area contributed by atoms with Crippen molar-refractivity contribution in [1.29, 1.82) is 0 Å². The molecule has 1 amide bonds. The van der Waals surface area contributed by atoms with Crippen molar-refractivity contribution < 1.29 is 4.79 Å². The van der Waals surface area contributed by atoms with Crippen LogP contribution < -0.4 is 5.32 Å². The molecular formula is C22H19N3O. The second-order valence-corrected chi connectivity index (χ2v) is 6.38. The van der Waals surface area contributed by atoms with Gasteiger partial charge in [0.15, 0.2) is 0 Å². The fourth-order valence-electron chi connectivity index (χ4n) is 3.01. The molecule has 128 valence electrons. The van der Waals surface area contributed by atoms with Crippen molar-refractivity contribution in [2.75, 3.05) is 5.32 Å². The molecule has 0 radical (unpaired) electrons. The van der Waals surface area contributed by atoms with E-state index in [4.69, 9.17) is 0 Å². The molecule has 0 fully saturated rings. The average molecular weight is 341 g/mol. The van der Waals surface area contributed by atoms with Gasteiger partial charge in [-0.1, -0.05) is 48.0 Å². The van der Waals surface area contributed by atoms with Crippen LogP contribution in [0.2, 0.25) is 0 Å². The normalized spacial score (nSPS) is 10.8. The van der Waals surface area contributed by atoms with Crippen LogP contribution in [0, 0.1) is 6.92 Å². The third-order valence-corrected chi connectivity index (χ3v) is 4.28. The van der Waals surface area contributed by atoms with E-state index in [1.54, 1.807) is 0 Å². The standard InChI is InChI=1S/C22H19N3O/c1-16-5-4-6-17(13-16)14-22(26)23-19-10-8-18(9-11-19)20-15-25-12-3-2-7-21(25)24-20/h2-13,15H,14H2,1H3,(H,23,26). The number of nitrogens with one attached hydrogen (secondary N) is 1. The molecule has 0 aliphatic rings. The minimum atomic E-state index is -0.0175. The summed E-state index contributed by atoms with van der Waals surface area (Å²) in [7, 11) is 0. The Kier molecular flexibility index (Phi) is 4.23. The van der Waals surface area contributed by atoms with Gasteiger partial charge in [-0.05, 0) is 36.8 Å². The lowest BCUT2D eigenvalue weighted by atomic mass is 10.1. The molecule has 0 saturated heterocycles. The van der Waals surface area contributed by atoms with Crippen molar-refractivity contribution in [3.8, 4) is 11.3 Å².